The van der Waals surface area contributed by atoms with Gasteiger partial charge in [-0.15, -0.1) is 0 Å². The maximum Gasteiger partial charge on any atom is 0.0954 e. The normalized spacial score (nSPS) is 21.2. The third-order valence-electron chi connectivity index (χ3n) is 4.58. The van der Waals surface area contributed by atoms with E-state index in [1.807, 2.05) is 7.05 Å². The molecule has 2 unspecified atom stereocenters. The van der Waals surface area contributed by atoms with Crippen LogP contribution in [0.5, 0.6) is 0 Å². The van der Waals surface area contributed by atoms with Gasteiger partial charge >= 0.3 is 0 Å². The summed E-state index contributed by atoms with van der Waals surface area (Å²) >= 11 is 0. The molecule has 0 aliphatic carbocycles. The first kappa shape index (κ1) is 15.3. The number of hydrogen-bond acceptors (Lipinski definition) is 2. The van der Waals surface area contributed by atoms with Gasteiger partial charge < -0.3 is 10.1 Å². The molecular weight excluding hydrogens is 270 g/mol. The Morgan fingerprint density at radius 3 is 2.64 bits per heavy atom. The number of benzene rings is 2. The molecule has 116 valence electrons. The second kappa shape index (κ2) is 6.64. The number of nitrogens with one attached hydrogen (secondary N) is 1. The maximum atomic E-state index is 6.18. The first-order valence-electron chi connectivity index (χ1n) is 8.13. The molecule has 0 bridgehead atoms. The number of rotatable bonds is 3. The van der Waals surface area contributed by atoms with Crippen LogP contribution in [0.1, 0.15) is 46.3 Å². The maximum absolute atomic E-state index is 6.18. The number of likely N-dealkylation sites (N-methyl/N-ethyl adjacent to an activating group) is 1. The first-order chi connectivity index (χ1) is 10.7. The molecule has 22 heavy (non-hydrogen) atoms. The Morgan fingerprint density at radius 2 is 1.91 bits per heavy atom. The van der Waals surface area contributed by atoms with Crippen molar-refractivity contribution in [1.82, 2.24) is 5.32 Å². The quantitative estimate of drug-likeness (QED) is 0.920. The molecule has 3 rings (SSSR count). The van der Waals surface area contributed by atoms with Gasteiger partial charge in [0.25, 0.3) is 0 Å². The fraction of sp³-hybridized carbons (Fsp3) is 0.400. The van der Waals surface area contributed by atoms with E-state index in [-0.39, 0.29) is 6.10 Å². The molecule has 1 N–H and O–H groups in total. The predicted octanol–water partition coefficient (Wildman–Crippen LogP) is 4.12. The van der Waals surface area contributed by atoms with Crippen LogP contribution in [0.15, 0.2) is 42.5 Å². The largest absolute Gasteiger partial charge is 0.372 e. The predicted molar refractivity (Wildman–Crippen MR) is 91.4 cm³/mol. The molecular formula is C20H25NO. The third-order valence-corrected chi connectivity index (χ3v) is 4.58. The highest BCUT2D eigenvalue weighted by atomic mass is 16.5. The zero-order valence-electron chi connectivity index (χ0n) is 13.7. The monoisotopic (exact) mass is 295 g/mol. The fourth-order valence-corrected chi connectivity index (χ4v) is 3.68. The van der Waals surface area contributed by atoms with E-state index in [1.54, 1.807) is 0 Å². The number of ether oxygens (including phenoxy) is 1. The van der Waals surface area contributed by atoms with E-state index in [1.165, 1.54) is 27.8 Å². The lowest BCUT2D eigenvalue weighted by Gasteiger charge is -2.23. The molecule has 0 radical (unpaired) electrons. The lowest BCUT2D eigenvalue weighted by atomic mass is 9.83. The minimum absolute atomic E-state index is 0.148. The summed E-state index contributed by atoms with van der Waals surface area (Å²) in [5.74, 6) is 0.427. The second-order valence-electron chi connectivity index (χ2n) is 6.25. The Labute approximate surface area is 133 Å². The molecule has 0 saturated carbocycles. The summed E-state index contributed by atoms with van der Waals surface area (Å²) in [5.41, 5.74) is 6.90. The van der Waals surface area contributed by atoms with E-state index in [9.17, 15) is 0 Å². The molecule has 0 aromatic heterocycles. The minimum Gasteiger partial charge on any atom is -0.372 e. The van der Waals surface area contributed by atoms with Crippen molar-refractivity contribution in [2.24, 2.45) is 0 Å². The van der Waals surface area contributed by atoms with Gasteiger partial charge in [0.2, 0.25) is 0 Å². The summed E-state index contributed by atoms with van der Waals surface area (Å²) in [6.07, 6.45) is 1.19. The Hall–Kier alpha value is -1.64. The topological polar surface area (TPSA) is 21.3 Å². The lowest BCUT2D eigenvalue weighted by Crippen LogP contribution is -2.20. The van der Waals surface area contributed by atoms with Crippen LogP contribution in [0.4, 0.5) is 0 Å². The highest BCUT2D eigenvalue weighted by molar-refractivity contribution is 5.46. The van der Waals surface area contributed by atoms with Crippen LogP contribution in [-0.2, 0) is 4.74 Å². The zero-order valence-corrected chi connectivity index (χ0v) is 13.7. The Morgan fingerprint density at radius 1 is 1.14 bits per heavy atom. The highest BCUT2D eigenvalue weighted by Crippen LogP contribution is 2.39. The summed E-state index contributed by atoms with van der Waals surface area (Å²) in [4.78, 5) is 0. The summed E-state index contributed by atoms with van der Waals surface area (Å²) in [7, 11) is 1.99. The average molecular weight is 295 g/mol. The van der Waals surface area contributed by atoms with Gasteiger partial charge in [-0.3, -0.25) is 0 Å². The van der Waals surface area contributed by atoms with E-state index in [4.69, 9.17) is 4.74 Å². The van der Waals surface area contributed by atoms with Gasteiger partial charge in [-0.2, -0.15) is 0 Å². The summed E-state index contributed by atoms with van der Waals surface area (Å²) in [5, 5.41) is 3.28. The average Bonchev–Trinajstić information content (AvgIpc) is 2.68. The number of fused-ring (bicyclic) bond motifs is 1. The van der Waals surface area contributed by atoms with Crippen molar-refractivity contribution in [2.45, 2.75) is 32.3 Å². The van der Waals surface area contributed by atoms with Crippen LogP contribution in [0.3, 0.4) is 0 Å². The van der Waals surface area contributed by atoms with Crippen LogP contribution in [0.2, 0.25) is 0 Å². The molecule has 0 spiro atoms. The van der Waals surface area contributed by atoms with E-state index in [0.29, 0.717) is 5.92 Å². The molecule has 2 heteroatoms. The lowest BCUT2D eigenvalue weighted by molar-refractivity contribution is 0.0565. The molecule has 0 saturated heterocycles. The van der Waals surface area contributed by atoms with Gasteiger partial charge in [0, 0.05) is 19.1 Å². The fourth-order valence-electron chi connectivity index (χ4n) is 3.68. The van der Waals surface area contributed by atoms with Gasteiger partial charge in [0.05, 0.1) is 6.10 Å². The second-order valence-corrected chi connectivity index (χ2v) is 6.25. The Balaban J connectivity index is 2.13. The molecule has 2 aromatic rings. The number of aryl methyl sites for hydroxylation is 2. The molecule has 2 atom stereocenters. The Kier molecular flexibility index (Phi) is 4.60. The van der Waals surface area contributed by atoms with Gasteiger partial charge in [-0.05, 0) is 49.6 Å². The molecule has 2 aromatic carbocycles. The highest BCUT2D eigenvalue weighted by Gasteiger charge is 2.27. The zero-order chi connectivity index (χ0) is 15.5. The van der Waals surface area contributed by atoms with Crippen LogP contribution in [0.25, 0.3) is 0 Å². The molecule has 1 aliphatic rings. The smallest absolute Gasteiger partial charge is 0.0954 e. The Bertz CT molecular complexity index is 636. The van der Waals surface area contributed by atoms with Crippen molar-refractivity contribution in [1.29, 1.82) is 0 Å². The van der Waals surface area contributed by atoms with Gasteiger partial charge in [0.1, 0.15) is 0 Å². The molecule has 2 nitrogen and oxygen atoms in total. The van der Waals surface area contributed by atoms with Crippen LogP contribution in [-0.4, -0.2) is 20.2 Å². The standard InChI is InChI=1S/C20H25NO/c1-14-11-15(2)20-18(12-14)17(16-7-5-4-6-8-16)9-10-22-19(20)13-21-3/h4-8,11-12,17,19,21H,9-10,13H2,1-3H3. The van der Waals surface area contributed by atoms with Crippen molar-refractivity contribution in [3.8, 4) is 0 Å². The SMILES string of the molecule is CNCC1OCCC(c2ccccc2)c2cc(C)cc(C)c21. The van der Waals surface area contributed by atoms with E-state index in [0.717, 1.165) is 19.6 Å². The molecule has 1 aliphatic heterocycles. The third kappa shape index (κ3) is 2.94. The molecule has 0 amide bonds. The van der Waals surface area contributed by atoms with Crippen LogP contribution < -0.4 is 5.32 Å². The number of hydrogen-bond donors (Lipinski definition) is 1. The van der Waals surface area contributed by atoms with Crippen LogP contribution >= 0.6 is 0 Å². The molecule has 0 fully saturated rings. The van der Waals surface area contributed by atoms with Gasteiger partial charge in [-0.25, -0.2) is 0 Å². The molecule has 1 heterocycles. The van der Waals surface area contributed by atoms with Gasteiger partial charge in [0.15, 0.2) is 0 Å². The minimum atomic E-state index is 0.148. The van der Waals surface area contributed by atoms with E-state index >= 15 is 0 Å². The van der Waals surface area contributed by atoms with Gasteiger partial charge in [-0.1, -0.05) is 48.0 Å². The van der Waals surface area contributed by atoms with E-state index < -0.39 is 0 Å². The van der Waals surface area contributed by atoms with Crippen molar-refractivity contribution in [3.05, 3.63) is 70.3 Å². The van der Waals surface area contributed by atoms with Crippen molar-refractivity contribution >= 4 is 0 Å². The summed E-state index contributed by atoms with van der Waals surface area (Å²) in [6, 6.07) is 15.5. The summed E-state index contributed by atoms with van der Waals surface area (Å²) in [6.45, 7) is 6.07. The summed E-state index contributed by atoms with van der Waals surface area (Å²) < 4.78 is 6.18. The first-order valence-corrected chi connectivity index (χ1v) is 8.13. The van der Waals surface area contributed by atoms with Crippen LogP contribution in [0, 0.1) is 13.8 Å². The van der Waals surface area contributed by atoms with Crippen molar-refractivity contribution in [2.75, 3.05) is 20.2 Å². The van der Waals surface area contributed by atoms with Crippen molar-refractivity contribution < 1.29 is 4.74 Å². The van der Waals surface area contributed by atoms with E-state index in [2.05, 4.69) is 61.6 Å². The van der Waals surface area contributed by atoms with Crippen molar-refractivity contribution in [3.63, 3.8) is 0 Å².